The van der Waals surface area contributed by atoms with Crippen LogP contribution >= 0.6 is 0 Å². The highest BCUT2D eigenvalue weighted by Crippen LogP contribution is 2.35. The third-order valence-corrected chi connectivity index (χ3v) is 5.13. The van der Waals surface area contributed by atoms with Gasteiger partial charge in [0.2, 0.25) is 0 Å². The third kappa shape index (κ3) is 3.91. The molecule has 4 rings (SSSR count). The Morgan fingerprint density at radius 3 is 2.16 bits per heavy atom. The molecule has 3 aromatic carbocycles. The first kappa shape index (κ1) is 20.3. The summed E-state index contributed by atoms with van der Waals surface area (Å²) in [5.41, 5.74) is 1.04. The number of aliphatic hydroxyl groups excluding tert-OH is 1. The molecule has 0 radical (unpaired) electrons. The summed E-state index contributed by atoms with van der Waals surface area (Å²) in [6, 6.07) is 25.5. The summed E-state index contributed by atoms with van der Waals surface area (Å²) in [4.78, 5) is 26.6. The number of nitrogens with zero attached hydrogens (tertiary/aromatic N) is 3. The van der Waals surface area contributed by atoms with Crippen LogP contribution in [-0.2, 0) is 6.54 Å². The Hall–Kier alpha value is -3.97. The van der Waals surface area contributed by atoms with Crippen molar-refractivity contribution >= 4 is 22.3 Å². The number of hydrogen-bond acceptors (Lipinski definition) is 5. The van der Waals surface area contributed by atoms with Crippen molar-refractivity contribution in [3.63, 3.8) is 0 Å². The Labute approximate surface area is 178 Å². The molecule has 0 amide bonds. The highest BCUT2D eigenvalue weighted by Gasteiger charge is 2.30. The second kappa shape index (κ2) is 8.81. The van der Waals surface area contributed by atoms with E-state index >= 15 is 0 Å². The van der Waals surface area contributed by atoms with Gasteiger partial charge in [0.25, 0.3) is 0 Å². The lowest BCUT2D eigenvalue weighted by atomic mass is 10.1. The zero-order valence-corrected chi connectivity index (χ0v) is 16.7. The Morgan fingerprint density at radius 2 is 1.52 bits per heavy atom. The number of benzene rings is 3. The predicted octanol–water partition coefficient (Wildman–Crippen LogP) is 3.90. The molecule has 0 bridgehead atoms. The summed E-state index contributed by atoms with van der Waals surface area (Å²) in [6.07, 6.45) is 0. The highest BCUT2D eigenvalue weighted by atomic mass is 16.6. The first-order valence-electron chi connectivity index (χ1n) is 9.89. The minimum atomic E-state index is -0.707. The number of para-hydroxylation sites is 2. The summed E-state index contributed by atoms with van der Waals surface area (Å²) < 4.78 is 1.37. The van der Waals surface area contributed by atoms with Crippen molar-refractivity contribution in [3.8, 4) is 5.69 Å². The SMILES string of the molecule is O=c1c([N+](=O)[O-])c(N(CCO)Cc2ccccc2)c2ccccc2n1-c1ccccc1. The van der Waals surface area contributed by atoms with Crippen LogP contribution in [0.4, 0.5) is 11.4 Å². The molecular formula is C24H21N3O4. The van der Waals surface area contributed by atoms with Gasteiger partial charge in [0.15, 0.2) is 0 Å². The standard InChI is InChI=1S/C24H21N3O4/c28-16-15-25(17-18-9-3-1-4-10-18)22-20-13-7-8-14-21(20)26(19-11-5-2-6-12-19)24(29)23(22)27(30)31/h1-14,28H,15-17H2. The van der Waals surface area contributed by atoms with E-state index in [9.17, 15) is 20.0 Å². The number of aromatic nitrogens is 1. The fourth-order valence-electron chi connectivity index (χ4n) is 3.83. The molecule has 31 heavy (non-hydrogen) atoms. The molecule has 0 aliphatic rings. The van der Waals surface area contributed by atoms with E-state index in [-0.39, 0.29) is 18.8 Å². The van der Waals surface area contributed by atoms with Crippen molar-refractivity contribution in [1.29, 1.82) is 0 Å². The van der Waals surface area contributed by atoms with Crippen molar-refractivity contribution in [2.24, 2.45) is 0 Å². The maximum Gasteiger partial charge on any atom is 0.358 e. The van der Waals surface area contributed by atoms with E-state index in [0.717, 1.165) is 5.56 Å². The van der Waals surface area contributed by atoms with E-state index in [0.29, 0.717) is 23.1 Å². The lowest BCUT2D eigenvalue weighted by Gasteiger charge is -2.26. The molecule has 0 aliphatic carbocycles. The summed E-state index contributed by atoms with van der Waals surface area (Å²) in [5, 5.41) is 22.4. The normalized spacial score (nSPS) is 10.9. The molecule has 0 spiro atoms. The van der Waals surface area contributed by atoms with E-state index in [1.807, 2.05) is 36.4 Å². The predicted molar refractivity (Wildman–Crippen MR) is 121 cm³/mol. The molecule has 1 aromatic heterocycles. The zero-order valence-electron chi connectivity index (χ0n) is 16.7. The van der Waals surface area contributed by atoms with Crippen LogP contribution in [0.2, 0.25) is 0 Å². The van der Waals surface area contributed by atoms with E-state index < -0.39 is 16.2 Å². The molecule has 4 aromatic rings. The Bertz CT molecular complexity index is 1270. The third-order valence-electron chi connectivity index (χ3n) is 5.13. The molecule has 0 saturated carbocycles. The van der Waals surface area contributed by atoms with Gasteiger partial charge >= 0.3 is 11.2 Å². The first-order chi connectivity index (χ1) is 15.1. The minimum absolute atomic E-state index is 0.147. The molecule has 0 aliphatic heterocycles. The molecule has 1 N–H and O–H groups in total. The number of aliphatic hydroxyl groups is 1. The van der Waals surface area contributed by atoms with Crippen LogP contribution in [0.15, 0.2) is 89.7 Å². The Kier molecular flexibility index (Phi) is 5.77. The van der Waals surface area contributed by atoms with E-state index in [1.54, 1.807) is 53.4 Å². The fraction of sp³-hybridized carbons (Fsp3) is 0.125. The first-order valence-corrected chi connectivity index (χ1v) is 9.89. The molecule has 7 heteroatoms. The molecule has 156 valence electrons. The van der Waals surface area contributed by atoms with Crippen LogP contribution in [0, 0.1) is 10.1 Å². The number of pyridine rings is 1. The smallest absolute Gasteiger partial charge is 0.358 e. The summed E-state index contributed by atoms with van der Waals surface area (Å²) in [7, 11) is 0. The average molecular weight is 415 g/mol. The molecule has 0 atom stereocenters. The molecule has 1 heterocycles. The van der Waals surface area contributed by atoms with Crippen molar-refractivity contribution in [2.75, 3.05) is 18.1 Å². The van der Waals surface area contributed by atoms with Crippen LogP contribution in [0.25, 0.3) is 16.6 Å². The second-order valence-electron chi connectivity index (χ2n) is 7.08. The fourth-order valence-corrected chi connectivity index (χ4v) is 3.83. The Balaban J connectivity index is 2.04. The van der Waals surface area contributed by atoms with Gasteiger partial charge in [0.1, 0.15) is 5.69 Å². The van der Waals surface area contributed by atoms with Gasteiger partial charge in [0.05, 0.1) is 17.0 Å². The van der Waals surface area contributed by atoms with Gasteiger partial charge in [-0.25, -0.2) is 0 Å². The van der Waals surface area contributed by atoms with Gasteiger partial charge in [0, 0.05) is 24.2 Å². The van der Waals surface area contributed by atoms with Crippen molar-refractivity contribution < 1.29 is 10.0 Å². The van der Waals surface area contributed by atoms with Crippen LogP contribution in [-0.4, -0.2) is 27.7 Å². The summed E-state index contributed by atoms with van der Waals surface area (Å²) in [5.74, 6) is 0. The summed E-state index contributed by atoms with van der Waals surface area (Å²) >= 11 is 0. The molecular weight excluding hydrogens is 394 g/mol. The second-order valence-corrected chi connectivity index (χ2v) is 7.08. The minimum Gasteiger partial charge on any atom is -0.395 e. The van der Waals surface area contributed by atoms with Gasteiger partial charge in [-0.3, -0.25) is 19.5 Å². The van der Waals surface area contributed by atoms with E-state index in [2.05, 4.69) is 0 Å². The van der Waals surface area contributed by atoms with Crippen molar-refractivity contribution in [3.05, 3.63) is 111 Å². The lowest BCUT2D eigenvalue weighted by molar-refractivity contribution is -0.385. The average Bonchev–Trinajstić information content (AvgIpc) is 2.79. The number of fused-ring (bicyclic) bond motifs is 1. The van der Waals surface area contributed by atoms with Crippen LogP contribution in [0.3, 0.4) is 0 Å². The quantitative estimate of drug-likeness (QED) is 0.365. The van der Waals surface area contributed by atoms with Crippen molar-refractivity contribution in [2.45, 2.75) is 6.54 Å². The highest BCUT2D eigenvalue weighted by molar-refractivity contribution is 5.97. The van der Waals surface area contributed by atoms with Gasteiger partial charge in [-0.1, -0.05) is 66.7 Å². The lowest BCUT2D eigenvalue weighted by Crippen LogP contribution is -2.31. The monoisotopic (exact) mass is 415 g/mol. The number of hydrogen-bond donors (Lipinski definition) is 1. The maximum absolute atomic E-state index is 13.4. The van der Waals surface area contributed by atoms with Gasteiger partial charge in [-0.15, -0.1) is 0 Å². The van der Waals surface area contributed by atoms with Crippen LogP contribution in [0.5, 0.6) is 0 Å². The van der Waals surface area contributed by atoms with Crippen LogP contribution < -0.4 is 10.5 Å². The topological polar surface area (TPSA) is 88.6 Å². The zero-order chi connectivity index (χ0) is 21.8. The molecule has 7 nitrogen and oxygen atoms in total. The van der Waals surface area contributed by atoms with Gasteiger partial charge < -0.3 is 10.0 Å². The number of rotatable bonds is 7. The van der Waals surface area contributed by atoms with Gasteiger partial charge in [-0.05, 0) is 23.8 Å². The van der Waals surface area contributed by atoms with Crippen LogP contribution in [0.1, 0.15) is 5.56 Å². The molecule has 0 fully saturated rings. The van der Waals surface area contributed by atoms with Crippen molar-refractivity contribution in [1.82, 2.24) is 4.57 Å². The Morgan fingerprint density at radius 1 is 0.903 bits per heavy atom. The van der Waals surface area contributed by atoms with Gasteiger partial charge in [-0.2, -0.15) is 0 Å². The molecule has 0 saturated heterocycles. The number of nitro groups is 1. The van der Waals surface area contributed by atoms with E-state index in [1.165, 1.54) is 4.57 Å². The number of anilines is 1. The van der Waals surface area contributed by atoms with E-state index in [4.69, 9.17) is 0 Å². The molecule has 0 unspecified atom stereocenters. The summed E-state index contributed by atoms with van der Waals surface area (Å²) in [6.45, 7) is 0.260. The maximum atomic E-state index is 13.4. The largest absolute Gasteiger partial charge is 0.395 e.